The maximum absolute atomic E-state index is 12.9. The first kappa shape index (κ1) is 10.7. The summed E-state index contributed by atoms with van der Waals surface area (Å²) in [6.07, 6.45) is 0.845. The average Bonchev–Trinajstić information content (AvgIpc) is 2.63. The van der Waals surface area contributed by atoms with Crippen LogP contribution in [0.4, 0.5) is 10.1 Å². The lowest BCUT2D eigenvalue weighted by Gasteiger charge is -2.15. The Morgan fingerprint density at radius 2 is 2.33 bits per heavy atom. The predicted molar refractivity (Wildman–Crippen MR) is 58.4 cm³/mol. The molecule has 2 rings (SSSR count). The first-order chi connectivity index (χ1) is 7.16. The number of ether oxygens (including phenoxy) is 2. The summed E-state index contributed by atoms with van der Waals surface area (Å²) in [5.74, 6) is 0.112. The van der Waals surface area contributed by atoms with E-state index in [1.165, 1.54) is 12.1 Å². The van der Waals surface area contributed by atoms with Crippen LogP contribution in [-0.2, 0) is 4.74 Å². The van der Waals surface area contributed by atoms with E-state index in [0.29, 0.717) is 29.1 Å². The molecule has 0 bridgehead atoms. The second-order valence-electron chi connectivity index (χ2n) is 3.41. The van der Waals surface area contributed by atoms with Gasteiger partial charge < -0.3 is 15.2 Å². The molecule has 5 heteroatoms. The summed E-state index contributed by atoms with van der Waals surface area (Å²) in [5, 5.41) is 0. The van der Waals surface area contributed by atoms with E-state index in [4.69, 9.17) is 15.2 Å². The number of benzene rings is 1. The van der Waals surface area contributed by atoms with Crippen LogP contribution in [-0.4, -0.2) is 19.3 Å². The Balaban J connectivity index is 2.19. The zero-order valence-corrected chi connectivity index (χ0v) is 9.59. The van der Waals surface area contributed by atoms with E-state index in [1.54, 1.807) is 0 Å². The van der Waals surface area contributed by atoms with Gasteiger partial charge in [0.15, 0.2) is 5.75 Å². The van der Waals surface area contributed by atoms with E-state index in [2.05, 4.69) is 15.9 Å². The van der Waals surface area contributed by atoms with Crippen molar-refractivity contribution in [2.75, 3.05) is 18.9 Å². The number of nitrogens with two attached hydrogens (primary N) is 1. The molecule has 1 saturated heterocycles. The highest BCUT2D eigenvalue weighted by atomic mass is 79.9. The Kier molecular flexibility index (Phi) is 3.11. The fourth-order valence-electron chi connectivity index (χ4n) is 1.48. The maximum atomic E-state index is 12.9. The number of halogens is 2. The average molecular weight is 276 g/mol. The van der Waals surface area contributed by atoms with Crippen LogP contribution in [0.1, 0.15) is 6.42 Å². The zero-order valence-electron chi connectivity index (χ0n) is 8.00. The summed E-state index contributed by atoms with van der Waals surface area (Å²) < 4.78 is 24.3. The Bertz CT molecular complexity index is 343. The fraction of sp³-hybridized carbons (Fsp3) is 0.400. The van der Waals surface area contributed by atoms with E-state index in [1.807, 2.05) is 0 Å². The Morgan fingerprint density at radius 1 is 1.53 bits per heavy atom. The number of hydrogen-bond donors (Lipinski definition) is 1. The molecule has 15 heavy (non-hydrogen) atoms. The van der Waals surface area contributed by atoms with Crippen molar-refractivity contribution in [3.05, 3.63) is 22.4 Å². The number of anilines is 1. The summed E-state index contributed by atoms with van der Waals surface area (Å²) >= 11 is 3.22. The summed E-state index contributed by atoms with van der Waals surface area (Å²) in [6.45, 7) is 1.26. The van der Waals surface area contributed by atoms with Gasteiger partial charge in [0, 0.05) is 12.5 Å². The fourth-order valence-corrected chi connectivity index (χ4v) is 2.02. The number of rotatable bonds is 2. The summed E-state index contributed by atoms with van der Waals surface area (Å²) in [6, 6.07) is 2.58. The van der Waals surface area contributed by atoms with Gasteiger partial charge in [0.1, 0.15) is 11.9 Å². The van der Waals surface area contributed by atoms with Gasteiger partial charge in [-0.15, -0.1) is 0 Å². The van der Waals surface area contributed by atoms with Crippen molar-refractivity contribution in [1.82, 2.24) is 0 Å². The third-order valence-corrected chi connectivity index (χ3v) is 2.80. The Morgan fingerprint density at radius 3 is 2.93 bits per heavy atom. The molecule has 3 nitrogen and oxygen atoms in total. The molecule has 1 heterocycles. The molecule has 0 amide bonds. The van der Waals surface area contributed by atoms with Crippen molar-refractivity contribution in [3.63, 3.8) is 0 Å². The molecule has 1 fully saturated rings. The summed E-state index contributed by atoms with van der Waals surface area (Å²) in [7, 11) is 0. The highest BCUT2D eigenvalue weighted by Crippen LogP contribution is 2.33. The monoisotopic (exact) mass is 275 g/mol. The molecule has 0 aromatic heterocycles. The lowest BCUT2D eigenvalue weighted by atomic mass is 10.2. The second kappa shape index (κ2) is 4.37. The highest BCUT2D eigenvalue weighted by Gasteiger charge is 2.20. The molecule has 1 aliphatic rings. The van der Waals surface area contributed by atoms with Gasteiger partial charge in [0.2, 0.25) is 0 Å². The molecule has 1 atom stereocenters. The van der Waals surface area contributed by atoms with Crippen LogP contribution in [0.3, 0.4) is 0 Å². The first-order valence-electron chi connectivity index (χ1n) is 4.66. The molecule has 0 radical (unpaired) electrons. The minimum absolute atomic E-state index is 0.00839. The van der Waals surface area contributed by atoms with Crippen LogP contribution >= 0.6 is 15.9 Å². The van der Waals surface area contributed by atoms with Crippen LogP contribution in [0, 0.1) is 5.82 Å². The number of hydrogen-bond acceptors (Lipinski definition) is 3. The van der Waals surface area contributed by atoms with Crippen molar-refractivity contribution in [3.8, 4) is 5.75 Å². The SMILES string of the molecule is Nc1cc(F)cc(Br)c1OC1CCOC1. The van der Waals surface area contributed by atoms with E-state index in [-0.39, 0.29) is 11.9 Å². The third kappa shape index (κ3) is 2.41. The summed E-state index contributed by atoms with van der Waals surface area (Å²) in [4.78, 5) is 0. The molecule has 82 valence electrons. The lowest BCUT2D eigenvalue weighted by molar-refractivity contribution is 0.141. The van der Waals surface area contributed by atoms with Crippen molar-refractivity contribution < 1.29 is 13.9 Å². The first-order valence-corrected chi connectivity index (χ1v) is 5.45. The topological polar surface area (TPSA) is 44.5 Å². The second-order valence-corrected chi connectivity index (χ2v) is 4.26. The van der Waals surface area contributed by atoms with E-state index < -0.39 is 0 Å². The standard InChI is InChI=1S/C10H11BrFNO2/c11-8-3-6(12)4-9(13)10(8)15-7-1-2-14-5-7/h3-4,7H,1-2,5,13H2. The van der Waals surface area contributed by atoms with Crippen molar-refractivity contribution >= 4 is 21.6 Å². The quantitative estimate of drug-likeness (QED) is 0.843. The Hall–Kier alpha value is -0.810. The summed E-state index contributed by atoms with van der Waals surface area (Å²) in [5.41, 5.74) is 5.96. The molecule has 1 aromatic carbocycles. The van der Waals surface area contributed by atoms with E-state index in [9.17, 15) is 4.39 Å². The minimum atomic E-state index is -0.380. The molecule has 1 aromatic rings. The van der Waals surface area contributed by atoms with Crippen LogP contribution in [0.2, 0.25) is 0 Å². The van der Waals surface area contributed by atoms with Gasteiger partial charge in [-0.05, 0) is 22.0 Å². The van der Waals surface area contributed by atoms with Crippen molar-refractivity contribution in [2.45, 2.75) is 12.5 Å². The molecule has 1 aliphatic heterocycles. The molecule has 0 spiro atoms. The van der Waals surface area contributed by atoms with Crippen LogP contribution in [0.15, 0.2) is 16.6 Å². The van der Waals surface area contributed by atoms with Crippen LogP contribution < -0.4 is 10.5 Å². The molecule has 0 saturated carbocycles. The predicted octanol–water partition coefficient (Wildman–Crippen LogP) is 2.34. The van der Waals surface area contributed by atoms with Crippen molar-refractivity contribution in [2.24, 2.45) is 0 Å². The molecule has 2 N–H and O–H groups in total. The van der Waals surface area contributed by atoms with Gasteiger partial charge in [-0.2, -0.15) is 0 Å². The molecular formula is C10H11BrFNO2. The van der Waals surface area contributed by atoms with Crippen molar-refractivity contribution in [1.29, 1.82) is 0 Å². The van der Waals surface area contributed by atoms with E-state index in [0.717, 1.165) is 6.42 Å². The maximum Gasteiger partial charge on any atom is 0.157 e. The van der Waals surface area contributed by atoms with Gasteiger partial charge >= 0.3 is 0 Å². The molecule has 0 aliphatic carbocycles. The largest absolute Gasteiger partial charge is 0.485 e. The zero-order chi connectivity index (χ0) is 10.8. The van der Waals surface area contributed by atoms with Crippen LogP contribution in [0.25, 0.3) is 0 Å². The van der Waals surface area contributed by atoms with Gasteiger partial charge in [-0.3, -0.25) is 0 Å². The van der Waals surface area contributed by atoms with Gasteiger partial charge in [0.05, 0.1) is 23.4 Å². The third-order valence-electron chi connectivity index (χ3n) is 2.21. The van der Waals surface area contributed by atoms with E-state index >= 15 is 0 Å². The highest BCUT2D eigenvalue weighted by molar-refractivity contribution is 9.10. The van der Waals surface area contributed by atoms with Gasteiger partial charge in [-0.1, -0.05) is 0 Å². The van der Waals surface area contributed by atoms with Gasteiger partial charge in [0.25, 0.3) is 0 Å². The smallest absolute Gasteiger partial charge is 0.157 e. The normalized spacial score (nSPS) is 20.5. The lowest BCUT2D eigenvalue weighted by Crippen LogP contribution is -2.16. The van der Waals surface area contributed by atoms with Crippen LogP contribution in [0.5, 0.6) is 5.75 Å². The number of nitrogen functional groups attached to an aromatic ring is 1. The van der Waals surface area contributed by atoms with Gasteiger partial charge in [-0.25, -0.2) is 4.39 Å². The molecular weight excluding hydrogens is 265 g/mol. The minimum Gasteiger partial charge on any atom is -0.485 e. The molecule has 1 unspecified atom stereocenters. The Labute approximate surface area is 95.5 Å².